The van der Waals surface area contributed by atoms with Crippen LogP contribution in [0.5, 0.6) is 0 Å². The van der Waals surface area contributed by atoms with Gasteiger partial charge < -0.3 is 15.6 Å². The molecule has 158 valence electrons. The van der Waals surface area contributed by atoms with Crippen molar-refractivity contribution in [2.75, 3.05) is 22.8 Å². The number of nitrogen functional groups attached to an aromatic ring is 1. The summed E-state index contributed by atoms with van der Waals surface area (Å²) in [4.78, 5) is 23.7. The molecule has 0 bridgehead atoms. The topological polar surface area (TPSA) is 139 Å². The molecule has 4 N–H and O–H groups in total. The van der Waals surface area contributed by atoms with E-state index in [1.165, 1.54) is 0 Å². The summed E-state index contributed by atoms with van der Waals surface area (Å²) in [6, 6.07) is 6.39. The molecule has 0 fully saturated rings. The Balaban J connectivity index is 2.34. The van der Waals surface area contributed by atoms with Crippen LogP contribution in [0.4, 0.5) is 21.0 Å². The van der Waals surface area contributed by atoms with Crippen LogP contribution in [0.15, 0.2) is 24.3 Å². The van der Waals surface area contributed by atoms with Gasteiger partial charge in [-0.2, -0.15) is 0 Å². The van der Waals surface area contributed by atoms with E-state index < -0.39 is 27.8 Å². The van der Waals surface area contributed by atoms with Crippen LogP contribution in [-0.4, -0.2) is 48.5 Å². The number of carboxylic acid groups (broad SMARTS) is 1. The monoisotopic (exact) mass is 415 g/mol. The van der Waals surface area contributed by atoms with E-state index >= 15 is 0 Å². The van der Waals surface area contributed by atoms with Crippen LogP contribution in [-0.2, 0) is 14.8 Å². The maximum Gasteiger partial charge on any atom is 0.419 e. The molecule has 0 aromatic heterocycles. The number of carbonyl (C=O) groups is 2. The third-order valence-electron chi connectivity index (χ3n) is 3.57. The third-order valence-corrected chi connectivity index (χ3v) is 4.95. The number of carbonyl (C=O) groups excluding carboxylic acids is 1. The van der Waals surface area contributed by atoms with Crippen molar-refractivity contribution in [3.8, 4) is 0 Å². The largest absolute Gasteiger partial charge is 0.465 e. The SMILES string of the molecule is CC(C)(C)OC(=O)N(CCCCCCS(=O)(=O)Nc1ccc(N)cc1)C(=O)O. The Hall–Kier alpha value is -2.49. The predicted molar refractivity (Wildman–Crippen MR) is 108 cm³/mol. The Morgan fingerprint density at radius 2 is 1.68 bits per heavy atom. The number of anilines is 2. The van der Waals surface area contributed by atoms with Gasteiger partial charge in [-0.15, -0.1) is 0 Å². The van der Waals surface area contributed by atoms with Gasteiger partial charge in [-0.1, -0.05) is 12.8 Å². The van der Waals surface area contributed by atoms with Gasteiger partial charge in [-0.05, 0) is 57.9 Å². The lowest BCUT2D eigenvalue weighted by Gasteiger charge is -2.24. The highest BCUT2D eigenvalue weighted by molar-refractivity contribution is 7.92. The lowest BCUT2D eigenvalue weighted by molar-refractivity contribution is 0.0267. The van der Waals surface area contributed by atoms with Crippen LogP contribution >= 0.6 is 0 Å². The molecule has 2 amide bonds. The predicted octanol–water partition coefficient (Wildman–Crippen LogP) is 3.49. The summed E-state index contributed by atoms with van der Waals surface area (Å²) in [7, 11) is -3.47. The second kappa shape index (κ2) is 10.2. The number of amides is 2. The number of nitrogens with two attached hydrogens (primary N) is 1. The minimum absolute atomic E-state index is 0.000679. The van der Waals surface area contributed by atoms with Gasteiger partial charge in [-0.3, -0.25) is 4.72 Å². The van der Waals surface area contributed by atoms with Gasteiger partial charge in [0.25, 0.3) is 0 Å². The van der Waals surface area contributed by atoms with Gasteiger partial charge in [-0.25, -0.2) is 22.9 Å². The molecular formula is C18H29N3O6S. The Bertz CT molecular complexity index is 757. The molecule has 1 rings (SSSR count). The lowest BCUT2D eigenvalue weighted by atomic mass is 10.2. The first-order chi connectivity index (χ1) is 12.9. The van der Waals surface area contributed by atoms with Crippen molar-refractivity contribution in [2.45, 2.75) is 52.1 Å². The highest BCUT2D eigenvalue weighted by Crippen LogP contribution is 2.14. The third kappa shape index (κ3) is 9.45. The summed E-state index contributed by atoms with van der Waals surface area (Å²) in [6.45, 7) is 4.97. The maximum absolute atomic E-state index is 12.0. The normalized spacial score (nSPS) is 11.7. The van der Waals surface area contributed by atoms with Crippen molar-refractivity contribution in [3.05, 3.63) is 24.3 Å². The zero-order valence-electron chi connectivity index (χ0n) is 16.5. The molecular weight excluding hydrogens is 386 g/mol. The summed E-state index contributed by atoms with van der Waals surface area (Å²) in [5.41, 5.74) is 5.77. The van der Waals surface area contributed by atoms with Crippen molar-refractivity contribution in [3.63, 3.8) is 0 Å². The first-order valence-corrected chi connectivity index (χ1v) is 10.6. The van der Waals surface area contributed by atoms with Gasteiger partial charge in [0.1, 0.15) is 5.60 Å². The van der Waals surface area contributed by atoms with E-state index in [0.717, 1.165) is 0 Å². The first kappa shape index (κ1) is 23.5. The maximum atomic E-state index is 12.0. The highest BCUT2D eigenvalue weighted by Gasteiger charge is 2.26. The lowest BCUT2D eigenvalue weighted by Crippen LogP contribution is -2.40. The molecule has 28 heavy (non-hydrogen) atoms. The molecule has 0 radical (unpaired) electrons. The van der Waals surface area contributed by atoms with Gasteiger partial charge in [0, 0.05) is 17.9 Å². The smallest absolute Gasteiger partial charge is 0.419 e. The molecule has 0 aliphatic carbocycles. The number of hydrogen-bond donors (Lipinski definition) is 3. The fraction of sp³-hybridized carbons (Fsp3) is 0.556. The van der Waals surface area contributed by atoms with E-state index in [1.807, 2.05) is 0 Å². The number of unbranched alkanes of at least 4 members (excludes halogenated alkanes) is 3. The van der Waals surface area contributed by atoms with Gasteiger partial charge in [0.2, 0.25) is 10.0 Å². The van der Waals surface area contributed by atoms with Crippen LogP contribution in [0.2, 0.25) is 0 Å². The first-order valence-electron chi connectivity index (χ1n) is 8.99. The number of ether oxygens (including phenoxy) is 1. The molecule has 0 aliphatic rings. The fourth-order valence-electron chi connectivity index (χ4n) is 2.28. The number of nitrogens with zero attached hydrogens (tertiary/aromatic N) is 1. The number of sulfonamides is 1. The average molecular weight is 416 g/mol. The van der Waals surface area contributed by atoms with Crippen molar-refractivity contribution >= 4 is 33.6 Å². The summed E-state index contributed by atoms with van der Waals surface area (Å²) >= 11 is 0. The standard InChI is InChI=1S/C18H29N3O6S/c1-18(2,3)27-17(24)21(16(22)23)12-6-4-5-7-13-28(25,26)20-15-10-8-14(19)9-11-15/h8-11,20H,4-7,12-13,19H2,1-3H3,(H,22,23). The Kier molecular flexibility index (Phi) is 8.55. The molecule has 0 aliphatic heterocycles. The summed E-state index contributed by atoms with van der Waals surface area (Å²) in [6.07, 6.45) is -0.255. The Labute approximate surface area is 165 Å². The summed E-state index contributed by atoms with van der Waals surface area (Å²) < 4.78 is 31.6. The zero-order chi connectivity index (χ0) is 21.4. The quantitative estimate of drug-likeness (QED) is 0.414. The van der Waals surface area contributed by atoms with Crippen LogP contribution in [0.1, 0.15) is 46.5 Å². The van der Waals surface area contributed by atoms with Crippen molar-refractivity contribution in [2.24, 2.45) is 0 Å². The second-order valence-corrected chi connectivity index (χ2v) is 9.21. The van der Waals surface area contributed by atoms with E-state index in [1.54, 1.807) is 45.0 Å². The van der Waals surface area contributed by atoms with Crippen molar-refractivity contribution < 1.29 is 27.9 Å². The van der Waals surface area contributed by atoms with E-state index in [0.29, 0.717) is 42.0 Å². The van der Waals surface area contributed by atoms with Gasteiger partial charge >= 0.3 is 12.2 Å². The van der Waals surface area contributed by atoms with Crippen LogP contribution in [0.3, 0.4) is 0 Å². The van der Waals surface area contributed by atoms with Crippen LogP contribution < -0.4 is 10.5 Å². The molecule has 0 saturated heterocycles. The van der Waals surface area contributed by atoms with Crippen LogP contribution in [0.25, 0.3) is 0 Å². The molecule has 10 heteroatoms. The van der Waals surface area contributed by atoms with E-state index in [4.69, 9.17) is 15.6 Å². The zero-order valence-corrected chi connectivity index (χ0v) is 17.3. The molecule has 1 aromatic rings. The van der Waals surface area contributed by atoms with Crippen molar-refractivity contribution in [1.29, 1.82) is 0 Å². The van der Waals surface area contributed by atoms with E-state index in [2.05, 4.69) is 4.72 Å². The van der Waals surface area contributed by atoms with E-state index in [-0.39, 0.29) is 12.3 Å². The summed E-state index contributed by atoms with van der Waals surface area (Å²) in [5.74, 6) is -0.0495. The van der Waals surface area contributed by atoms with Crippen molar-refractivity contribution in [1.82, 2.24) is 4.90 Å². The molecule has 0 saturated carbocycles. The van der Waals surface area contributed by atoms with Crippen LogP contribution in [0, 0.1) is 0 Å². The molecule has 9 nitrogen and oxygen atoms in total. The average Bonchev–Trinajstić information content (AvgIpc) is 2.53. The molecule has 1 aromatic carbocycles. The van der Waals surface area contributed by atoms with E-state index in [9.17, 15) is 18.0 Å². The number of rotatable bonds is 9. The summed E-state index contributed by atoms with van der Waals surface area (Å²) in [5, 5.41) is 9.14. The fourth-order valence-corrected chi connectivity index (χ4v) is 3.46. The molecule has 0 atom stereocenters. The number of hydrogen-bond acceptors (Lipinski definition) is 6. The molecule has 0 unspecified atom stereocenters. The van der Waals surface area contributed by atoms with Gasteiger partial charge in [0.15, 0.2) is 0 Å². The minimum atomic E-state index is -3.47. The van der Waals surface area contributed by atoms with Gasteiger partial charge in [0.05, 0.1) is 5.75 Å². The minimum Gasteiger partial charge on any atom is -0.465 e. The number of imide groups is 1. The second-order valence-electron chi connectivity index (χ2n) is 7.37. The number of nitrogens with one attached hydrogen (secondary N) is 1. The molecule has 0 heterocycles. The Morgan fingerprint density at radius 1 is 1.11 bits per heavy atom. The Morgan fingerprint density at radius 3 is 2.21 bits per heavy atom. The highest BCUT2D eigenvalue weighted by atomic mass is 32.2. The number of benzene rings is 1. The molecule has 0 spiro atoms.